The monoisotopic (exact) mass is 546 g/mol. The van der Waals surface area contributed by atoms with Crippen LogP contribution in [0.4, 0.5) is 11.4 Å². The maximum atomic E-state index is 13.8. The number of nitro benzene ring substituents is 1. The fraction of sp³-hybridized carbons (Fsp3) is 0.462. The van der Waals surface area contributed by atoms with Gasteiger partial charge in [-0.3, -0.25) is 24.0 Å². The molecule has 12 heteroatoms. The number of amides is 2. The molecule has 38 heavy (non-hydrogen) atoms. The molecule has 0 aromatic heterocycles. The molecule has 0 bridgehead atoms. The Morgan fingerprint density at radius 1 is 1.16 bits per heavy atom. The Morgan fingerprint density at radius 2 is 1.82 bits per heavy atom. The van der Waals surface area contributed by atoms with Crippen molar-refractivity contribution < 1.29 is 27.7 Å². The summed E-state index contributed by atoms with van der Waals surface area (Å²) in [6.45, 7) is 1.21. The minimum absolute atomic E-state index is 0.0480. The molecule has 206 valence electrons. The van der Waals surface area contributed by atoms with Crippen molar-refractivity contribution in [3.63, 3.8) is 0 Å². The first-order valence-electron chi connectivity index (χ1n) is 12.5. The molecule has 0 heterocycles. The van der Waals surface area contributed by atoms with Crippen LogP contribution in [0, 0.1) is 10.1 Å². The second-order valence-corrected chi connectivity index (χ2v) is 11.2. The van der Waals surface area contributed by atoms with Crippen LogP contribution in [0.2, 0.25) is 0 Å². The Labute approximate surface area is 223 Å². The van der Waals surface area contributed by atoms with Crippen molar-refractivity contribution in [2.24, 2.45) is 0 Å². The molecule has 3 rings (SSSR count). The summed E-state index contributed by atoms with van der Waals surface area (Å²) >= 11 is 0. The average molecular weight is 547 g/mol. The molecule has 1 atom stereocenters. The number of methoxy groups -OCH3 is 1. The maximum Gasteiger partial charge on any atom is 0.271 e. The Hall–Kier alpha value is -3.67. The van der Waals surface area contributed by atoms with Gasteiger partial charge < -0.3 is 15.0 Å². The van der Waals surface area contributed by atoms with Gasteiger partial charge in [-0.05, 0) is 30.9 Å². The molecular formula is C26H34N4O7S. The molecule has 11 nitrogen and oxygen atoms in total. The summed E-state index contributed by atoms with van der Waals surface area (Å²) < 4.78 is 31.7. The highest BCUT2D eigenvalue weighted by atomic mass is 32.2. The van der Waals surface area contributed by atoms with Crippen molar-refractivity contribution in [3.8, 4) is 5.75 Å². The highest BCUT2D eigenvalue weighted by Gasteiger charge is 2.34. The number of carbonyl (C=O) groups excluding carboxylic acids is 2. The number of hydrogen-bond acceptors (Lipinski definition) is 7. The van der Waals surface area contributed by atoms with E-state index in [4.69, 9.17) is 4.74 Å². The summed E-state index contributed by atoms with van der Waals surface area (Å²) in [5.41, 5.74) is 0.276. The molecular weight excluding hydrogens is 512 g/mol. The first-order chi connectivity index (χ1) is 18.0. The van der Waals surface area contributed by atoms with Crippen molar-refractivity contribution in [1.82, 2.24) is 10.2 Å². The molecule has 1 unspecified atom stereocenters. The SMILES string of the molecule is CCC(C(=O)NC1CCCC1)N(Cc1ccccc1)C(=O)CN(c1cc([N+](=O)[O-])ccc1OC)S(C)(=O)=O. The van der Waals surface area contributed by atoms with Gasteiger partial charge in [-0.25, -0.2) is 8.42 Å². The molecule has 2 aromatic carbocycles. The van der Waals surface area contributed by atoms with E-state index >= 15 is 0 Å². The van der Waals surface area contributed by atoms with Crippen molar-refractivity contribution in [2.75, 3.05) is 24.2 Å². The summed E-state index contributed by atoms with van der Waals surface area (Å²) in [4.78, 5) is 39.2. The molecule has 1 N–H and O–H groups in total. The van der Waals surface area contributed by atoms with E-state index in [1.807, 2.05) is 30.3 Å². The molecule has 1 aliphatic carbocycles. The number of hydrogen-bond donors (Lipinski definition) is 1. The highest BCUT2D eigenvalue weighted by molar-refractivity contribution is 7.92. The van der Waals surface area contributed by atoms with E-state index < -0.39 is 33.4 Å². The summed E-state index contributed by atoms with van der Waals surface area (Å²) in [6, 6.07) is 11.8. The zero-order chi connectivity index (χ0) is 27.9. The number of carbonyl (C=O) groups is 2. The number of nitrogens with zero attached hydrogens (tertiary/aromatic N) is 3. The van der Waals surface area contributed by atoms with Gasteiger partial charge >= 0.3 is 0 Å². The topological polar surface area (TPSA) is 139 Å². The van der Waals surface area contributed by atoms with Crippen LogP contribution in [0.15, 0.2) is 48.5 Å². The summed E-state index contributed by atoms with van der Waals surface area (Å²) in [6.07, 6.45) is 5.04. The zero-order valence-electron chi connectivity index (χ0n) is 21.8. The van der Waals surface area contributed by atoms with Crippen molar-refractivity contribution >= 4 is 33.2 Å². The van der Waals surface area contributed by atoms with Crippen LogP contribution >= 0.6 is 0 Å². The van der Waals surface area contributed by atoms with Crippen molar-refractivity contribution in [2.45, 2.75) is 57.7 Å². The smallest absolute Gasteiger partial charge is 0.271 e. The Balaban J connectivity index is 1.99. The third-order valence-electron chi connectivity index (χ3n) is 6.60. The van der Waals surface area contributed by atoms with E-state index in [0.29, 0.717) is 6.42 Å². The zero-order valence-corrected chi connectivity index (χ0v) is 22.6. The molecule has 0 radical (unpaired) electrons. The third-order valence-corrected chi connectivity index (χ3v) is 7.73. The molecule has 2 amide bonds. The summed E-state index contributed by atoms with van der Waals surface area (Å²) in [5.74, 6) is -0.863. The third kappa shape index (κ3) is 7.21. The van der Waals surface area contributed by atoms with Gasteiger partial charge in [0, 0.05) is 24.7 Å². The standard InChI is InChI=1S/C26H34N4O7S/c1-4-22(26(32)27-20-12-8-9-13-20)28(17-19-10-6-5-7-11-19)25(31)18-29(38(3,35)36)23-16-21(30(33)34)14-15-24(23)37-2/h5-7,10-11,14-16,20,22H,4,8-9,12-13,17-18H2,1-3H3,(H,27,32). The van der Waals surface area contributed by atoms with Gasteiger partial charge in [-0.15, -0.1) is 0 Å². The number of ether oxygens (including phenoxy) is 1. The van der Waals surface area contributed by atoms with Gasteiger partial charge in [0.2, 0.25) is 21.8 Å². The van der Waals surface area contributed by atoms with Crippen molar-refractivity contribution in [1.29, 1.82) is 0 Å². The second kappa shape index (κ2) is 12.7. The predicted molar refractivity (Wildman–Crippen MR) is 143 cm³/mol. The second-order valence-electron chi connectivity index (χ2n) is 9.30. The first-order valence-corrected chi connectivity index (χ1v) is 14.3. The predicted octanol–water partition coefficient (Wildman–Crippen LogP) is 3.24. The van der Waals surface area contributed by atoms with E-state index in [0.717, 1.165) is 47.9 Å². The average Bonchev–Trinajstić information content (AvgIpc) is 3.39. The highest BCUT2D eigenvalue weighted by Crippen LogP contribution is 2.34. The van der Waals surface area contributed by atoms with Crippen LogP contribution in [0.5, 0.6) is 5.75 Å². The largest absolute Gasteiger partial charge is 0.495 e. The van der Waals surface area contributed by atoms with E-state index in [1.165, 1.54) is 24.1 Å². The normalized spacial score (nSPS) is 14.5. The van der Waals surface area contributed by atoms with E-state index in [2.05, 4.69) is 5.32 Å². The van der Waals surface area contributed by atoms with E-state index in [1.54, 1.807) is 6.92 Å². The van der Waals surface area contributed by atoms with Gasteiger partial charge in [-0.2, -0.15) is 0 Å². The number of nitro groups is 1. The number of sulfonamides is 1. The molecule has 1 saturated carbocycles. The molecule has 0 saturated heterocycles. The molecule has 0 aliphatic heterocycles. The van der Waals surface area contributed by atoms with E-state index in [9.17, 15) is 28.1 Å². The minimum atomic E-state index is -4.08. The van der Waals surface area contributed by atoms with Crippen LogP contribution in [0.3, 0.4) is 0 Å². The van der Waals surface area contributed by atoms with Gasteiger partial charge in [0.1, 0.15) is 24.0 Å². The Bertz CT molecular complexity index is 1250. The molecule has 1 fully saturated rings. The van der Waals surface area contributed by atoms with Crippen LogP contribution < -0.4 is 14.4 Å². The lowest BCUT2D eigenvalue weighted by molar-refractivity contribution is -0.384. The van der Waals surface area contributed by atoms with Gasteiger partial charge in [0.15, 0.2) is 0 Å². The molecule has 1 aliphatic rings. The molecule has 2 aromatic rings. The number of non-ortho nitro benzene ring substituents is 1. The number of rotatable bonds is 12. The molecule has 0 spiro atoms. The van der Waals surface area contributed by atoms with Crippen LogP contribution in [0.25, 0.3) is 0 Å². The number of anilines is 1. The number of nitrogens with one attached hydrogen (secondary N) is 1. The lowest BCUT2D eigenvalue weighted by Gasteiger charge is -2.33. The van der Waals surface area contributed by atoms with Gasteiger partial charge in [0.05, 0.1) is 18.3 Å². The summed E-state index contributed by atoms with van der Waals surface area (Å²) in [7, 11) is -2.78. The van der Waals surface area contributed by atoms with Gasteiger partial charge in [-0.1, -0.05) is 50.1 Å². The lowest BCUT2D eigenvalue weighted by atomic mass is 10.1. The van der Waals surface area contributed by atoms with Crippen molar-refractivity contribution in [3.05, 3.63) is 64.2 Å². The summed E-state index contributed by atoms with van der Waals surface area (Å²) in [5, 5.41) is 14.4. The van der Waals surface area contributed by atoms with E-state index in [-0.39, 0.29) is 35.6 Å². The fourth-order valence-electron chi connectivity index (χ4n) is 4.65. The Kier molecular flexibility index (Phi) is 9.67. The van der Waals surface area contributed by atoms with Crippen LogP contribution in [-0.2, 0) is 26.2 Å². The Morgan fingerprint density at radius 3 is 2.37 bits per heavy atom. The lowest BCUT2D eigenvalue weighted by Crippen LogP contribution is -2.53. The van der Waals surface area contributed by atoms with Crippen LogP contribution in [-0.4, -0.2) is 62.0 Å². The number of benzene rings is 2. The minimum Gasteiger partial charge on any atom is -0.495 e. The fourth-order valence-corrected chi connectivity index (χ4v) is 5.49. The van der Waals surface area contributed by atoms with Gasteiger partial charge in [0.25, 0.3) is 5.69 Å². The van der Waals surface area contributed by atoms with Crippen LogP contribution in [0.1, 0.15) is 44.6 Å². The quantitative estimate of drug-likeness (QED) is 0.318. The first kappa shape index (κ1) is 28.9. The maximum absolute atomic E-state index is 13.8.